The fourth-order valence-corrected chi connectivity index (χ4v) is 5.18. The largest absolute Gasteiger partial charge is 0.333 e. The standard InChI is InChI=1S/C24H26N6O2/c1-28(14-17-7-10-25-11-8-17)16-21(31)30-12-9-24(22(30)18-13-26-29(2)15-18)19-5-3-4-6-20(19)27-23(24)32/h3-8,10-11,13,15,22H,9,12,14,16H2,1-2H3,(H,27,32). The van der Waals surface area contributed by atoms with Gasteiger partial charge in [-0.3, -0.25) is 24.2 Å². The maximum absolute atomic E-state index is 13.5. The Hall–Kier alpha value is -3.52. The molecule has 1 fully saturated rings. The summed E-state index contributed by atoms with van der Waals surface area (Å²) in [7, 11) is 3.78. The first-order chi connectivity index (χ1) is 15.5. The number of anilines is 1. The van der Waals surface area contributed by atoms with E-state index in [1.807, 2.05) is 66.5 Å². The maximum atomic E-state index is 13.5. The van der Waals surface area contributed by atoms with Crippen molar-refractivity contribution in [3.8, 4) is 0 Å². The molecule has 1 saturated heterocycles. The average Bonchev–Trinajstić information content (AvgIpc) is 3.46. The molecular formula is C24H26N6O2. The normalized spacial score (nSPS) is 21.9. The van der Waals surface area contributed by atoms with Crippen LogP contribution < -0.4 is 5.32 Å². The molecule has 2 aliphatic rings. The second-order valence-electron chi connectivity index (χ2n) is 8.69. The van der Waals surface area contributed by atoms with Crippen LogP contribution in [0.4, 0.5) is 5.69 Å². The maximum Gasteiger partial charge on any atom is 0.237 e. The summed E-state index contributed by atoms with van der Waals surface area (Å²) in [6.07, 6.45) is 7.77. The first kappa shape index (κ1) is 20.4. The second-order valence-corrected chi connectivity index (χ2v) is 8.69. The summed E-state index contributed by atoms with van der Waals surface area (Å²) >= 11 is 0. The fraction of sp³-hybridized carbons (Fsp3) is 0.333. The number of carbonyl (C=O) groups is 2. The first-order valence-electron chi connectivity index (χ1n) is 10.8. The molecule has 164 valence electrons. The van der Waals surface area contributed by atoms with Crippen molar-refractivity contribution in [2.45, 2.75) is 24.4 Å². The van der Waals surface area contributed by atoms with Gasteiger partial charge in [-0.05, 0) is 42.8 Å². The minimum Gasteiger partial charge on any atom is -0.333 e. The summed E-state index contributed by atoms with van der Waals surface area (Å²) in [5.74, 6) is -0.0440. The fourth-order valence-electron chi connectivity index (χ4n) is 5.18. The molecule has 4 heterocycles. The van der Waals surface area contributed by atoms with Crippen molar-refractivity contribution in [3.63, 3.8) is 0 Å². The van der Waals surface area contributed by atoms with E-state index in [4.69, 9.17) is 0 Å². The van der Waals surface area contributed by atoms with Gasteiger partial charge in [0, 0.05) is 50.0 Å². The quantitative estimate of drug-likeness (QED) is 0.670. The number of benzene rings is 1. The lowest BCUT2D eigenvalue weighted by atomic mass is 9.73. The number of carbonyl (C=O) groups excluding carboxylic acids is 2. The number of fused-ring (bicyclic) bond motifs is 2. The zero-order valence-electron chi connectivity index (χ0n) is 18.2. The molecule has 8 nitrogen and oxygen atoms in total. The Balaban J connectivity index is 1.46. The van der Waals surface area contributed by atoms with Gasteiger partial charge in [-0.25, -0.2) is 0 Å². The van der Waals surface area contributed by atoms with E-state index in [0.29, 0.717) is 19.5 Å². The highest BCUT2D eigenvalue weighted by atomic mass is 16.2. The van der Waals surface area contributed by atoms with Gasteiger partial charge in [-0.2, -0.15) is 5.10 Å². The van der Waals surface area contributed by atoms with Crippen LogP contribution in [0.1, 0.15) is 29.2 Å². The van der Waals surface area contributed by atoms with Crippen LogP contribution in [0.15, 0.2) is 61.2 Å². The Morgan fingerprint density at radius 1 is 1.25 bits per heavy atom. The number of nitrogens with zero attached hydrogens (tertiary/aromatic N) is 5. The van der Waals surface area contributed by atoms with Crippen LogP contribution in [0, 0.1) is 0 Å². The number of hydrogen-bond acceptors (Lipinski definition) is 5. The molecule has 1 N–H and O–H groups in total. The lowest BCUT2D eigenvalue weighted by molar-refractivity contribution is -0.134. The number of para-hydroxylation sites is 1. The molecule has 0 radical (unpaired) electrons. The van der Waals surface area contributed by atoms with Gasteiger partial charge in [-0.15, -0.1) is 0 Å². The average molecular weight is 431 g/mol. The van der Waals surface area contributed by atoms with Crippen molar-refractivity contribution in [1.82, 2.24) is 24.6 Å². The summed E-state index contributed by atoms with van der Waals surface area (Å²) < 4.78 is 1.72. The summed E-state index contributed by atoms with van der Waals surface area (Å²) in [4.78, 5) is 34.8. The number of pyridine rings is 1. The second kappa shape index (κ2) is 7.87. The van der Waals surface area contributed by atoms with E-state index in [0.717, 1.165) is 22.4 Å². The molecule has 2 unspecified atom stereocenters. The molecule has 0 saturated carbocycles. The SMILES string of the molecule is CN(CC(=O)N1CCC2(C(=O)Nc3ccccc32)C1c1cnn(C)c1)Cc1ccncc1. The van der Waals surface area contributed by atoms with Crippen LogP contribution in [0.25, 0.3) is 0 Å². The summed E-state index contributed by atoms with van der Waals surface area (Å²) in [5, 5.41) is 7.39. The minimum atomic E-state index is -0.807. The Labute approximate surface area is 186 Å². The molecule has 2 aromatic heterocycles. The highest BCUT2D eigenvalue weighted by Crippen LogP contribution is 2.54. The minimum absolute atomic E-state index is 0.00413. The van der Waals surface area contributed by atoms with Gasteiger partial charge in [-0.1, -0.05) is 18.2 Å². The number of aryl methyl sites for hydroxylation is 1. The number of hydrogen-bond donors (Lipinski definition) is 1. The van der Waals surface area contributed by atoms with E-state index < -0.39 is 11.5 Å². The number of aromatic nitrogens is 3. The van der Waals surface area contributed by atoms with Gasteiger partial charge in [0.2, 0.25) is 11.8 Å². The van der Waals surface area contributed by atoms with Gasteiger partial charge in [0.15, 0.2) is 0 Å². The zero-order valence-corrected chi connectivity index (χ0v) is 18.2. The van der Waals surface area contributed by atoms with Crippen molar-refractivity contribution >= 4 is 17.5 Å². The van der Waals surface area contributed by atoms with Crippen LogP contribution in [-0.4, -0.2) is 56.5 Å². The van der Waals surface area contributed by atoms with E-state index in [9.17, 15) is 9.59 Å². The smallest absolute Gasteiger partial charge is 0.237 e. The molecule has 2 amide bonds. The van der Waals surface area contributed by atoms with Crippen LogP contribution in [0.2, 0.25) is 0 Å². The van der Waals surface area contributed by atoms with Crippen molar-refractivity contribution in [1.29, 1.82) is 0 Å². The third-order valence-corrected chi connectivity index (χ3v) is 6.55. The van der Waals surface area contributed by atoms with Gasteiger partial charge in [0.05, 0.1) is 18.8 Å². The van der Waals surface area contributed by atoms with E-state index in [1.54, 1.807) is 23.3 Å². The third kappa shape index (κ3) is 3.27. The summed E-state index contributed by atoms with van der Waals surface area (Å²) in [6.45, 7) is 1.43. The van der Waals surface area contributed by atoms with E-state index in [2.05, 4.69) is 15.4 Å². The van der Waals surface area contributed by atoms with E-state index in [-0.39, 0.29) is 18.4 Å². The number of likely N-dealkylation sites (tertiary alicyclic amines) is 1. The predicted molar refractivity (Wildman–Crippen MR) is 120 cm³/mol. The Morgan fingerprint density at radius 2 is 2.03 bits per heavy atom. The lowest BCUT2D eigenvalue weighted by Crippen LogP contribution is -2.44. The van der Waals surface area contributed by atoms with Crippen LogP contribution >= 0.6 is 0 Å². The highest BCUT2D eigenvalue weighted by Gasteiger charge is 2.59. The van der Waals surface area contributed by atoms with Crippen molar-refractivity contribution < 1.29 is 9.59 Å². The number of likely N-dealkylation sites (N-methyl/N-ethyl adjacent to an activating group) is 1. The van der Waals surface area contributed by atoms with Crippen molar-refractivity contribution in [3.05, 3.63) is 77.9 Å². The molecule has 0 aliphatic carbocycles. The number of rotatable bonds is 5. The topological polar surface area (TPSA) is 83.4 Å². The summed E-state index contributed by atoms with van der Waals surface area (Å²) in [6, 6.07) is 11.3. The van der Waals surface area contributed by atoms with Crippen LogP contribution in [0.5, 0.6) is 0 Å². The molecule has 2 aliphatic heterocycles. The molecule has 0 bridgehead atoms. The third-order valence-electron chi connectivity index (χ3n) is 6.55. The van der Waals surface area contributed by atoms with Crippen molar-refractivity contribution in [2.24, 2.45) is 7.05 Å². The van der Waals surface area contributed by atoms with Crippen molar-refractivity contribution in [2.75, 3.05) is 25.5 Å². The van der Waals surface area contributed by atoms with E-state index >= 15 is 0 Å². The predicted octanol–water partition coefficient (Wildman–Crippen LogP) is 2.11. The monoisotopic (exact) mass is 430 g/mol. The van der Waals surface area contributed by atoms with Gasteiger partial charge in [0.1, 0.15) is 5.41 Å². The highest BCUT2D eigenvalue weighted by molar-refractivity contribution is 6.07. The Morgan fingerprint density at radius 3 is 2.78 bits per heavy atom. The zero-order chi connectivity index (χ0) is 22.3. The Kier molecular flexibility index (Phi) is 5.01. The van der Waals surface area contributed by atoms with Crippen LogP contribution in [-0.2, 0) is 28.6 Å². The lowest BCUT2D eigenvalue weighted by Gasteiger charge is -2.34. The van der Waals surface area contributed by atoms with E-state index in [1.165, 1.54) is 0 Å². The Bertz CT molecular complexity index is 1160. The van der Waals surface area contributed by atoms with Crippen LogP contribution in [0.3, 0.4) is 0 Å². The van der Waals surface area contributed by atoms with Gasteiger partial charge >= 0.3 is 0 Å². The molecule has 2 atom stereocenters. The van der Waals surface area contributed by atoms with Gasteiger partial charge < -0.3 is 10.2 Å². The molecule has 1 aromatic carbocycles. The molecule has 3 aromatic rings. The molecule has 8 heteroatoms. The molecular weight excluding hydrogens is 404 g/mol. The number of amides is 2. The molecule has 32 heavy (non-hydrogen) atoms. The molecule has 5 rings (SSSR count). The number of nitrogens with one attached hydrogen (secondary N) is 1. The first-order valence-corrected chi connectivity index (χ1v) is 10.8. The van der Waals surface area contributed by atoms with Gasteiger partial charge in [0.25, 0.3) is 0 Å². The summed E-state index contributed by atoms with van der Waals surface area (Å²) in [5.41, 5.74) is 2.96. The molecule has 1 spiro atoms.